The van der Waals surface area contributed by atoms with E-state index in [9.17, 15) is 24.5 Å². The number of rotatable bonds is 10. The highest BCUT2D eigenvalue weighted by molar-refractivity contribution is 5.88. The van der Waals surface area contributed by atoms with Crippen LogP contribution in [0.5, 0.6) is 0 Å². The van der Waals surface area contributed by atoms with E-state index in [1.54, 1.807) is 32.9 Å². The molecule has 0 spiro atoms. The molecule has 10 nitrogen and oxygen atoms in total. The maximum Gasteiger partial charge on any atom is 0.407 e. The Hall–Kier alpha value is -3.01. The highest BCUT2D eigenvalue weighted by Gasteiger charge is 2.31. The molecule has 0 aliphatic heterocycles. The second kappa shape index (κ2) is 10.9. The quantitative estimate of drug-likeness (QED) is 0.147. The molecule has 0 aliphatic rings. The summed E-state index contributed by atoms with van der Waals surface area (Å²) < 4.78 is 15.5. The lowest BCUT2D eigenvalue weighted by molar-refractivity contribution is -0.384. The molecule has 0 saturated heterocycles. The summed E-state index contributed by atoms with van der Waals surface area (Å²) in [5.74, 6) is -3.17. The van der Waals surface area contributed by atoms with Crippen LogP contribution in [0.3, 0.4) is 0 Å². The maximum atomic E-state index is 12.4. The van der Waals surface area contributed by atoms with E-state index in [-0.39, 0.29) is 18.5 Å². The van der Waals surface area contributed by atoms with Crippen molar-refractivity contribution in [2.45, 2.75) is 64.9 Å². The summed E-state index contributed by atoms with van der Waals surface area (Å²) in [5, 5.41) is 13.5. The molecule has 0 fully saturated rings. The number of nitrogens with zero attached hydrogens (tertiary/aromatic N) is 1. The smallest absolute Gasteiger partial charge is 0.407 e. The fraction of sp³-hybridized carbons (Fsp3) is 0.571. The second-order valence-electron chi connectivity index (χ2n) is 8.47. The van der Waals surface area contributed by atoms with Crippen molar-refractivity contribution in [2.24, 2.45) is 5.92 Å². The van der Waals surface area contributed by atoms with Crippen molar-refractivity contribution in [1.29, 1.82) is 0 Å². The molecule has 2 atom stereocenters. The Morgan fingerprint density at radius 3 is 2.16 bits per heavy atom. The normalized spacial score (nSPS) is 13.6. The van der Waals surface area contributed by atoms with Gasteiger partial charge in [0.15, 0.2) is 0 Å². The van der Waals surface area contributed by atoms with Gasteiger partial charge in [-0.05, 0) is 39.2 Å². The van der Waals surface area contributed by atoms with Gasteiger partial charge in [-0.2, -0.15) is 0 Å². The van der Waals surface area contributed by atoms with E-state index in [1.807, 2.05) is 0 Å². The number of hydrogen-bond acceptors (Lipinski definition) is 8. The van der Waals surface area contributed by atoms with E-state index in [0.717, 1.165) is 0 Å². The average Bonchev–Trinajstić information content (AvgIpc) is 2.64. The molecule has 0 aromatic heterocycles. The van der Waals surface area contributed by atoms with Crippen LogP contribution in [-0.2, 0) is 30.2 Å². The van der Waals surface area contributed by atoms with Crippen LogP contribution in [0.2, 0.25) is 0 Å². The summed E-state index contributed by atoms with van der Waals surface area (Å²) in [6, 6.07) is 5.09. The largest absolute Gasteiger partial charge is 0.444 e. The molecule has 0 bridgehead atoms. The van der Waals surface area contributed by atoms with Crippen molar-refractivity contribution in [3.05, 3.63) is 39.9 Å². The summed E-state index contributed by atoms with van der Waals surface area (Å²) in [6.45, 7) is 8.17. The zero-order valence-electron chi connectivity index (χ0n) is 18.7. The number of benzene rings is 1. The van der Waals surface area contributed by atoms with E-state index in [0.29, 0.717) is 11.8 Å². The third-order valence-corrected chi connectivity index (χ3v) is 4.19. The number of nitrogens with one attached hydrogen (secondary N) is 1. The third-order valence-electron chi connectivity index (χ3n) is 4.19. The van der Waals surface area contributed by atoms with Gasteiger partial charge in [0.25, 0.3) is 5.69 Å². The number of non-ortho nitro benzene ring substituents is 1. The van der Waals surface area contributed by atoms with Crippen molar-refractivity contribution in [2.75, 3.05) is 7.11 Å². The molecule has 1 N–H and O–H groups in total. The van der Waals surface area contributed by atoms with Gasteiger partial charge in [0.2, 0.25) is 5.79 Å². The molecule has 1 aromatic carbocycles. The van der Waals surface area contributed by atoms with E-state index < -0.39 is 40.3 Å². The predicted octanol–water partition coefficient (Wildman–Crippen LogP) is 3.16. The van der Waals surface area contributed by atoms with Crippen LogP contribution >= 0.6 is 0 Å². The molecule has 1 aromatic rings. The molecule has 1 rings (SSSR count). The minimum Gasteiger partial charge on any atom is -0.444 e. The highest BCUT2D eigenvalue weighted by Crippen LogP contribution is 2.19. The second-order valence-corrected chi connectivity index (χ2v) is 8.47. The van der Waals surface area contributed by atoms with Crippen LogP contribution in [0.1, 0.15) is 46.6 Å². The molecule has 10 heteroatoms. The molecule has 172 valence electrons. The minimum atomic E-state index is -1.22. The van der Waals surface area contributed by atoms with E-state index in [2.05, 4.69) is 5.32 Å². The van der Waals surface area contributed by atoms with Crippen molar-refractivity contribution < 1.29 is 33.5 Å². The number of amides is 1. The van der Waals surface area contributed by atoms with Gasteiger partial charge < -0.3 is 24.3 Å². The van der Waals surface area contributed by atoms with E-state index in [4.69, 9.17) is 14.2 Å². The van der Waals surface area contributed by atoms with Gasteiger partial charge in [0.05, 0.1) is 4.92 Å². The molecule has 0 heterocycles. The summed E-state index contributed by atoms with van der Waals surface area (Å²) in [5.41, 5.74) is -0.147. The maximum absolute atomic E-state index is 12.4. The number of aldehydes is 1. The van der Waals surface area contributed by atoms with Gasteiger partial charge in [-0.1, -0.05) is 12.1 Å². The number of ether oxygens (including phenoxy) is 3. The lowest BCUT2D eigenvalue weighted by Gasteiger charge is -2.27. The van der Waals surface area contributed by atoms with Crippen molar-refractivity contribution in [3.63, 3.8) is 0 Å². The van der Waals surface area contributed by atoms with Crippen molar-refractivity contribution in [3.8, 4) is 0 Å². The molecule has 2 unspecified atom stereocenters. The Balaban J connectivity index is 3.01. The molecule has 1 amide bonds. The first kappa shape index (κ1) is 26.0. The average molecular weight is 438 g/mol. The fourth-order valence-corrected chi connectivity index (χ4v) is 2.58. The van der Waals surface area contributed by atoms with Crippen LogP contribution < -0.4 is 5.32 Å². The number of hydrogen-bond donors (Lipinski definition) is 1. The molecule has 31 heavy (non-hydrogen) atoms. The summed E-state index contributed by atoms with van der Waals surface area (Å²) in [4.78, 5) is 46.6. The standard InChI is InChI=1S/C21H30N2O8/c1-20(2,3)31-19(26)22-16(11-14-7-9-17(10-8-14)23(27)28)12-15(13-24)18(25)30-21(4,5)29-6/h7-10,13,15-16H,11-12H2,1-6H3,(H,22,26). The number of esters is 1. The molecule has 0 radical (unpaired) electrons. The minimum absolute atomic E-state index is 0.0572. The SMILES string of the molecule is COC(C)(C)OC(=O)C(C=O)CC(Cc1ccc([N+](=O)[O-])cc1)NC(=O)OC(C)(C)C. The predicted molar refractivity (Wildman–Crippen MR) is 111 cm³/mol. The van der Waals surface area contributed by atoms with Crippen molar-refractivity contribution in [1.82, 2.24) is 5.32 Å². The monoisotopic (exact) mass is 438 g/mol. The molecule has 0 saturated carbocycles. The number of nitro groups is 1. The Bertz CT molecular complexity index is 784. The van der Waals surface area contributed by atoms with Crippen LogP contribution in [-0.4, -0.2) is 47.8 Å². The van der Waals surface area contributed by atoms with Crippen LogP contribution in [0.4, 0.5) is 10.5 Å². The van der Waals surface area contributed by atoms with Gasteiger partial charge in [-0.3, -0.25) is 14.9 Å². The number of nitro benzene ring substituents is 1. The zero-order valence-corrected chi connectivity index (χ0v) is 18.7. The van der Waals surface area contributed by atoms with Crippen LogP contribution in [0.15, 0.2) is 24.3 Å². The molecule has 0 aliphatic carbocycles. The van der Waals surface area contributed by atoms with Gasteiger partial charge in [0, 0.05) is 39.1 Å². The van der Waals surface area contributed by atoms with Gasteiger partial charge >= 0.3 is 12.1 Å². The van der Waals surface area contributed by atoms with Crippen molar-refractivity contribution >= 4 is 24.0 Å². The zero-order chi connectivity index (χ0) is 23.8. The molecular formula is C21H30N2O8. The van der Waals surface area contributed by atoms with Gasteiger partial charge in [-0.15, -0.1) is 0 Å². The van der Waals surface area contributed by atoms with Gasteiger partial charge in [0.1, 0.15) is 17.8 Å². The Morgan fingerprint density at radius 2 is 1.71 bits per heavy atom. The first-order valence-electron chi connectivity index (χ1n) is 9.72. The van der Waals surface area contributed by atoms with Crippen LogP contribution in [0, 0.1) is 16.0 Å². The fourth-order valence-electron chi connectivity index (χ4n) is 2.58. The van der Waals surface area contributed by atoms with Crippen LogP contribution in [0.25, 0.3) is 0 Å². The summed E-state index contributed by atoms with van der Waals surface area (Å²) >= 11 is 0. The van der Waals surface area contributed by atoms with E-state index >= 15 is 0 Å². The lowest BCUT2D eigenvalue weighted by Crippen LogP contribution is -2.43. The Labute approximate surface area is 181 Å². The first-order chi connectivity index (χ1) is 14.3. The number of carbonyl (C=O) groups is 3. The van der Waals surface area contributed by atoms with Gasteiger partial charge in [-0.25, -0.2) is 4.79 Å². The Kier molecular flexibility index (Phi) is 9.11. The topological polar surface area (TPSA) is 134 Å². The number of methoxy groups -OCH3 is 1. The summed E-state index contributed by atoms with van der Waals surface area (Å²) in [7, 11) is 1.37. The number of carbonyl (C=O) groups excluding carboxylic acids is 3. The first-order valence-corrected chi connectivity index (χ1v) is 9.72. The summed E-state index contributed by atoms with van der Waals surface area (Å²) in [6.07, 6.45) is -0.108. The highest BCUT2D eigenvalue weighted by atomic mass is 16.7. The molecular weight excluding hydrogens is 408 g/mol. The number of alkyl carbamates (subject to hydrolysis) is 1. The van der Waals surface area contributed by atoms with E-state index in [1.165, 1.54) is 33.1 Å². The lowest BCUT2D eigenvalue weighted by atomic mass is 9.95. The Morgan fingerprint density at radius 1 is 1.13 bits per heavy atom. The third kappa shape index (κ3) is 9.56.